The van der Waals surface area contributed by atoms with E-state index in [-0.39, 0.29) is 5.91 Å². The molecule has 1 amide bonds. The van der Waals surface area contributed by atoms with Crippen molar-refractivity contribution in [1.82, 2.24) is 10.2 Å². The van der Waals surface area contributed by atoms with Gasteiger partial charge in [-0.05, 0) is 30.0 Å². The maximum atomic E-state index is 11.9. The summed E-state index contributed by atoms with van der Waals surface area (Å²) in [5, 5.41) is 9.80. The number of aryl methyl sites for hydroxylation is 1. The van der Waals surface area contributed by atoms with E-state index in [1.807, 2.05) is 30.3 Å². The first-order chi connectivity index (χ1) is 10.1. The molecule has 2 rings (SSSR count). The molecule has 5 nitrogen and oxygen atoms in total. The molecule has 2 aromatic rings. The van der Waals surface area contributed by atoms with Gasteiger partial charge in [0, 0.05) is 18.2 Å². The molecule has 5 heteroatoms. The average Bonchev–Trinajstić information content (AvgIpc) is 2.94. The molecule has 0 atom stereocenters. The molecule has 0 radical (unpaired) electrons. The van der Waals surface area contributed by atoms with Gasteiger partial charge < -0.3 is 10.1 Å². The van der Waals surface area contributed by atoms with Gasteiger partial charge in [-0.1, -0.05) is 26.0 Å². The normalized spacial score (nSPS) is 10.7. The van der Waals surface area contributed by atoms with Crippen LogP contribution in [0.2, 0.25) is 0 Å². The fourth-order valence-electron chi connectivity index (χ4n) is 1.99. The van der Waals surface area contributed by atoms with Crippen LogP contribution < -0.4 is 10.1 Å². The Morgan fingerprint density at radius 3 is 2.86 bits per heavy atom. The molecule has 0 spiro atoms. The first-order valence-electron chi connectivity index (χ1n) is 7.06. The lowest BCUT2D eigenvalue weighted by Gasteiger charge is -2.04. The number of benzene rings is 1. The van der Waals surface area contributed by atoms with Crippen molar-refractivity contribution in [3.05, 3.63) is 41.6 Å². The summed E-state index contributed by atoms with van der Waals surface area (Å²) in [4.78, 5) is 11.9. The third-order valence-corrected chi connectivity index (χ3v) is 3.26. The van der Waals surface area contributed by atoms with E-state index in [4.69, 9.17) is 4.74 Å². The Bertz CT molecular complexity index is 605. The quantitative estimate of drug-likeness (QED) is 0.857. The van der Waals surface area contributed by atoms with Crippen LogP contribution in [0.3, 0.4) is 0 Å². The van der Waals surface area contributed by atoms with Gasteiger partial charge in [0.1, 0.15) is 5.75 Å². The number of rotatable bonds is 6. The highest BCUT2D eigenvalue weighted by Gasteiger charge is 2.08. The smallest absolute Gasteiger partial charge is 0.225 e. The second-order valence-corrected chi connectivity index (χ2v) is 5.26. The summed E-state index contributed by atoms with van der Waals surface area (Å²) < 4.78 is 5.17. The van der Waals surface area contributed by atoms with Crippen LogP contribution >= 0.6 is 0 Å². The van der Waals surface area contributed by atoms with Gasteiger partial charge in [0.05, 0.1) is 7.11 Å². The number of hydrogen-bond donors (Lipinski definition) is 2. The predicted octanol–water partition coefficient (Wildman–Crippen LogP) is 3.11. The standard InChI is InChI=1S/C16H21N3O2/c1-11(2)14-10-15(19-18-14)17-16(20)8-7-12-5-4-6-13(9-12)21-3/h4-6,9-11H,7-8H2,1-3H3,(H2,17,18,19,20). The summed E-state index contributed by atoms with van der Waals surface area (Å²) in [6.07, 6.45) is 1.08. The van der Waals surface area contributed by atoms with E-state index >= 15 is 0 Å². The number of nitrogens with one attached hydrogen (secondary N) is 2. The Labute approximate surface area is 124 Å². The molecule has 1 aromatic heterocycles. The van der Waals surface area contributed by atoms with Gasteiger partial charge in [-0.3, -0.25) is 9.89 Å². The van der Waals surface area contributed by atoms with Crippen LogP contribution in [-0.4, -0.2) is 23.2 Å². The molecule has 0 unspecified atom stereocenters. The van der Waals surface area contributed by atoms with Gasteiger partial charge >= 0.3 is 0 Å². The van der Waals surface area contributed by atoms with Crippen molar-refractivity contribution in [3.63, 3.8) is 0 Å². The van der Waals surface area contributed by atoms with Crippen LogP contribution in [0, 0.1) is 0 Å². The molecular weight excluding hydrogens is 266 g/mol. The lowest BCUT2D eigenvalue weighted by molar-refractivity contribution is -0.116. The number of anilines is 1. The molecule has 112 valence electrons. The number of methoxy groups -OCH3 is 1. The van der Waals surface area contributed by atoms with Gasteiger partial charge in [-0.25, -0.2) is 0 Å². The molecule has 0 aliphatic rings. The Kier molecular flexibility index (Phi) is 4.98. The summed E-state index contributed by atoms with van der Waals surface area (Å²) in [6.45, 7) is 4.14. The van der Waals surface area contributed by atoms with E-state index in [1.54, 1.807) is 7.11 Å². The number of ether oxygens (including phenoxy) is 1. The SMILES string of the molecule is COc1cccc(CCC(=O)Nc2cc(C(C)C)[nH]n2)c1. The highest BCUT2D eigenvalue weighted by atomic mass is 16.5. The number of nitrogens with zero attached hydrogens (tertiary/aromatic N) is 1. The van der Waals surface area contributed by atoms with Gasteiger partial charge in [0.25, 0.3) is 0 Å². The van der Waals surface area contributed by atoms with E-state index in [1.165, 1.54) is 0 Å². The summed E-state index contributed by atoms with van der Waals surface area (Å²) >= 11 is 0. The van der Waals surface area contributed by atoms with Crippen molar-refractivity contribution in [3.8, 4) is 5.75 Å². The largest absolute Gasteiger partial charge is 0.497 e. The van der Waals surface area contributed by atoms with Crippen molar-refractivity contribution in [1.29, 1.82) is 0 Å². The molecule has 0 saturated heterocycles. The molecule has 21 heavy (non-hydrogen) atoms. The van der Waals surface area contributed by atoms with Crippen molar-refractivity contribution >= 4 is 11.7 Å². The van der Waals surface area contributed by atoms with Crippen LogP contribution in [0.1, 0.15) is 37.4 Å². The van der Waals surface area contributed by atoms with E-state index < -0.39 is 0 Å². The lowest BCUT2D eigenvalue weighted by Crippen LogP contribution is -2.12. The first kappa shape index (κ1) is 15.1. The predicted molar refractivity (Wildman–Crippen MR) is 82.6 cm³/mol. The fourth-order valence-corrected chi connectivity index (χ4v) is 1.99. The number of H-pyrrole nitrogens is 1. The topological polar surface area (TPSA) is 67.0 Å². The number of carbonyl (C=O) groups is 1. The van der Waals surface area contributed by atoms with E-state index in [0.717, 1.165) is 17.0 Å². The van der Waals surface area contributed by atoms with Crippen LogP contribution in [0.4, 0.5) is 5.82 Å². The molecule has 2 N–H and O–H groups in total. The van der Waals surface area contributed by atoms with Gasteiger partial charge in [0.2, 0.25) is 5.91 Å². The zero-order valence-corrected chi connectivity index (χ0v) is 12.6. The Morgan fingerprint density at radius 1 is 1.38 bits per heavy atom. The first-order valence-corrected chi connectivity index (χ1v) is 7.06. The van der Waals surface area contributed by atoms with Gasteiger partial charge in [-0.2, -0.15) is 5.10 Å². The Hall–Kier alpha value is -2.30. The number of hydrogen-bond acceptors (Lipinski definition) is 3. The van der Waals surface area contributed by atoms with Crippen LogP contribution in [0.15, 0.2) is 30.3 Å². The zero-order valence-electron chi connectivity index (χ0n) is 12.6. The minimum atomic E-state index is -0.0420. The summed E-state index contributed by atoms with van der Waals surface area (Å²) in [6, 6.07) is 9.61. The highest BCUT2D eigenvalue weighted by Crippen LogP contribution is 2.16. The number of carbonyl (C=O) groups excluding carboxylic acids is 1. The van der Waals surface area contributed by atoms with E-state index in [0.29, 0.717) is 24.6 Å². The third-order valence-electron chi connectivity index (χ3n) is 3.26. The second kappa shape index (κ2) is 6.92. The Morgan fingerprint density at radius 2 is 2.19 bits per heavy atom. The van der Waals surface area contributed by atoms with Crippen molar-refractivity contribution in [2.24, 2.45) is 0 Å². The molecule has 0 aliphatic carbocycles. The molecule has 1 aromatic carbocycles. The van der Waals surface area contributed by atoms with Crippen LogP contribution in [0.5, 0.6) is 5.75 Å². The summed E-state index contributed by atoms with van der Waals surface area (Å²) in [7, 11) is 1.63. The number of aromatic nitrogens is 2. The van der Waals surface area contributed by atoms with Crippen LogP contribution in [-0.2, 0) is 11.2 Å². The average molecular weight is 287 g/mol. The third kappa shape index (κ3) is 4.34. The number of aromatic amines is 1. The Balaban J connectivity index is 1.86. The van der Waals surface area contributed by atoms with E-state index in [9.17, 15) is 4.79 Å². The van der Waals surface area contributed by atoms with Crippen molar-refractivity contribution in [2.75, 3.05) is 12.4 Å². The maximum Gasteiger partial charge on any atom is 0.225 e. The molecular formula is C16H21N3O2. The van der Waals surface area contributed by atoms with Crippen molar-refractivity contribution < 1.29 is 9.53 Å². The molecule has 0 saturated carbocycles. The van der Waals surface area contributed by atoms with Crippen molar-refractivity contribution in [2.45, 2.75) is 32.6 Å². The molecule has 0 fully saturated rings. The number of amides is 1. The fraction of sp³-hybridized carbons (Fsp3) is 0.375. The summed E-state index contributed by atoms with van der Waals surface area (Å²) in [5.41, 5.74) is 2.09. The minimum absolute atomic E-state index is 0.0420. The summed E-state index contributed by atoms with van der Waals surface area (Å²) in [5.74, 6) is 1.70. The molecule has 0 bridgehead atoms. The monoisotopic (exact) mass is 287 g/mol. The van der Waals surface area contributed by atoms with Gasteiger partial charge in [-0.15, -0.1) is 0 Å². The highest BCUT2D eigenvalue weighted by molar-refractivity contribution is 5.89. The second-order valence-electron chi connectivity index (χ2n) is 5.26. The minimum Gasteiger partial charge on any atom is -0.497 e. The lowest BCUT2D eigenvalue weighted by atomic mass is 10.1. The van der Waals surface area contributed by atoms with E-state index in [2.05, 4.69) is 29.4 Å². The maximum absolute atomic E-state index is 11.9. The molecule has 1 heterocycles. The van der Waals surface area contributed by atoms with Gasteiger partial charge in [0.15, 0.2) is 5.82 Å². The molecule has 0 aliphatic heterocycles. The zero-order chi connectivity index (χ0) is 15.2. The van der Waals surface area contributed by atoms with Crippen LogP contribution in [0.25, 0.3) is 0 Å².